The van der Waals surface area contributed by atoms with Crippen molar-refractivity contribution in [2.75, 3.05) is 0 Å². The number of phenolic OH excluding ortho intramolecular Hbond substituents is 1. The minimum atomic E-state index is -1.58. The molecule has 0 saturated carbocycles. The number of hydrogen-bond acceptors (Lipinski definition) is 5. The third-order valence-electron chi connectivity index (χ3n) is 3.51. The Morgan fingerprint density at radius 3 is 2.58 bits per heavy atom. The molecule has 3 rings (SSSR count). The predicted octanol–water partition coefficient (Wildman–Crippen LogP) is 2.73. The number of phenols is 1. The molecule has 0 unspecified atom stereocenters. The average Bonchev–Trinajstić information content (AvgIpc) is 2.84. The van der Waals surface area contributed by atoms with E-state index in [0.717, 1.165) is 11.0 Å². The van der Waals surface area contributed by atoms with Crippen LogP contribution in [0.25, 0.3) is 6.08 Å². The van der Waals surface area contributed by atoms with Crippen molar-refractivity contribution in [3.8, 4) is 5.75 Å². The predicted molar refractivity (Wildman–Crippen MR) is 86.6 cm³/mol. The molecule has 26 heavy (non-hydrogen) atoms. The van der Waals surface area contributed by atoms with Crippen LogP contribution >= 0.6 is 11.8 Å². The number of aromatic nitrogens is 1. The van der Waals surface area contributed by atoms with Gasteiger partial charge in [0.2, 0.25) is 5.56 Å². The van der Waals surface area contributed by atoms with Crippen molar-refractivity contribution in [2.45, 2.75) is 6.54 Å². The molecule has 2 heterocycles. The number of aromatic amines is 1. The van der Waals surface area contributed by atoms with E-state index >= 15 is 0 Å². The fourth-order valence-electron chi connectivity index (χ4n) is 2.26. The highest BCUT2D eigenvalue weighted by Crippen LogP contribution is 2.35. The largest absolute Gasteiger partial charge is 0.503 e. The van der Waals surface area contributed by atoms with Gasteiger partial charge in [-0.3, -0.25) is 19.3 Å². The number of H-pyrrole nitrogens is 1. The summed E-state index contributed by atoms with van der Waals surface area (Å²) in [6.07, 6.45) is 2.07. The van der Waals surface area contributed by atoms with Gasteiger partial charge in [-0.1, -0.05) is 0 Å². The Hall–Kier alpha value is -3.01. The highest BCUT2D eigenvalue weighted by molar-refractivity contribution is 8.18. The van der Waals surface area contributed by atoms with E-state index in [1.54, 1.807) is 0 Å². The van der Waals surface area contributed by atoms with E-state index in [1.165, 1.54) is 18.3 Å². The van der Waals surface area contributed by atoms with Crippen LogP contribution in [0.4, 0.5) is 18.0 Å². The van der Waals surface area contributed by atoms with Gasteiger partial charge in [-0.2, -0.15) is 0 Å². The Morgan fingerprint density at radius 2 is 1.88 bits per heavy atom. The summed E-state index contributed by atoms with van der Waals surface area (Å²) in [6, 6.07) is 2.96. The first-order chi connectivity index (χ1) is 12.3. The first-order valence-corrected chi connectivity index (χ1v) is 7.89. The van der Waals surface area contributed by atoms with Gasteiger partial charge in [-0.05, 0) is 29.5 Å². The molecule has 0 aliphatic carbocycles. The second kappa shape index (κ2) is 6.71. The molecule has 1 aromatic carbocycles. The van der Waals surface area contributed by atoms with Crippen molar-refractivity contribution in [2.24, 2.45) is 0 Å². The van der Waals surface area contributed by atoms with Crippen LogP contribution in [0.3, 0.4) is 0 Å². The quantitative estimate of drug-likeness (QED) is 0.797. The maximum atomic E-state index is 13.9. The van der Waals surface area contributed by atoms with Gasteiger partial charge in [-0.15, -0.1) is 0 Å². The summed E-state index contributed by atoms with van der Waals surface area (Å²) in [4.78, 5) is 38.5. The van der Waals surface area contributed by atoms with Gasteiger partial charge >= 0.3 is 0 Å². The summed E-state index contributed by atoms with van der Waals surface area (Å²) in [7, 11) is 0. The van der Waals surface area contributed by atoms with Crippen molar-refractivity contribution in [3.63, 3.8) is 0 Å². The molecule has 1 aliphatic heterocycles. The van der Waals surface area contributed by atoms with E-state index in [9.17, 15) is 32.7 Å². The average molecular weight is 382 g/mol. The molecule has 1 aliphatic rings. The van der Waals surface area contributed by atoms with Crippen LogP contribution in [0.2, 0.25) is 0 Å². The highest BCUT2D eigenvalue weighted by atomic mass is 32.2. The number of thioether (sulfide) groups is 1. The normalized spacial score (nSPS) is 16.0. The number of rotatable bonds is 3. The molecular weight excluding hydrogens is 373 g/mol. The van der Waals surface area contributed by atoms with Gasteiger partial charge in [0, 0.05) is 18.3 Å². The van der Waals surface area contributed by atoms with Crippen LogP contribution in [0.5, 0.6) is 5.75 Å². The molecule has 0 spiro atoms. The van der Waals surface area contributed by atoms with Gasteiger partial charge < -0.3 is 10.1 Å². The van der Waals surface area contributed by atoms with Crippen LogP contribution < -0.4 is 5.56 Å². The number of aromatic hydroxyl groups is 1. The number of nitrogens with zero attached hydrogens (tertiary/aromatic N) is 1. The van der Waals surface area contributed by atoms with Crippen molar-refractivity contribution >= 4 is 29.0 Å². The van der Waals surface area contributed by atoms with Crippen molar-refractivity contribution in [1.29, 1.82) is 0 Å². The number of hydrogen-bond donors (Lipinski definition) is 2. The summed E-state index contributed by atoms with van der Waals surface area (Å²) >= 11 is 0.431. The molecule has 2 amide bonds. The van der Waals surface area contributed by atoms with Crippen molar-refractivity contribution in [3.05, 3.63) is 68.2 Å². The number of imide groups is 1. The van der Waals surface area contributed by atoms with Gasteiger partial charge in [0.05, 0.1) is 17.0 Å². The summed E-state index contributed by atoms with van der Waals surface area (Å²) in [5.74, 6) is -6.62. The second-order valence-electron chi connectivity index (χ2n) is 5.25. The topological polar surface area (TPSA) is 90.5 Å². The van der Waals surface area contributed by atoms with Crippen molar-refractivity contribution < 1.29 is 27.9 Å². The monoisotopic (exact) mass is 382 g/mol. The SMILES string of the molecule is O=C1S/C(=C\c2c(F)cc(F)c(O)c2F)C(=O)N1Cc1cc[nH]c(=O)c1. The third kappa shape index (κ3) is 3.23. The first-order valence-electron chi connectivity index (χ1n) is 7.07. The molecule has 6 nitrogen and oxygen atoms in total. The van der Waals surface area contributed by atoms with E-state index in [2.05, 4.69) is 4.98 Å². The third-order valence-corrected chi connectivity index (χ3v) is 4.42. The molecular formula is C16H9F3N2O4S. The van der Waals surface area contributed by atoms with E-state index in [0.29, 0.717) is 17.3 Å². The van der Waals surface area contributed by atoms with E-state index in [-0.39, 0.29) is 17.5 Å². The molecule has 1 aromatic heterocycles. The minimum Gasteiger partial charge on any atom is -0.503 e. The fourth-order valence-corrected chi connectivity index (χ4v) is 3.08. The number of benzene rings is 1. The molecule has 134 valence electrons. The van der Waals surface area contributed by atoms with Crippen LogP contribution in [0, 0.1) is 17.5 Å². The van der Waals surface area contributed by atoms with Crippen LogP contribution in [0.15, 0.2) is 34.1 Å². The number of carbonyl (C=O) groups is 2. The van der Waals surface area contributed by atoms with Crippen LogP contribution in [-0.4, -0.2) is 26.1 Å². The molecule has 0 bridgehead atoms. The summed E-state index contributed by atoms with van der Waals surface area (Å²) < 4.78 is 40.7. The lowest BCUT2D eigenvalue weighted by Gasteiger charge is -2.11. The summed E-state index contributed by atoms with van der Waals surface area (Å²) in [5.41, 5.74) is -0.879. The zero-order valence-corrected chi connectivity index (χ0v) is 13.6. The maximum Gasteiger partial charge on any atom is 0.293 e. The van der Waals surface area contributed by atoms with Crippen molar-refractivity contribution in [1.82, 2.24) is 9.88 Å². The number of amides is 2. The lowest BCUT2D eigenvalue weighted by Crippen LogP contribution is -2.28. The smallest absolute Gasteiger partial charge is 0.293 e. The Kier molecular flexibility index (Phi) is 4.60. The molecule has 2 N–H and O–H groups in total. The zero-order valence-electron chi connectivity index (χ0n) is 12.8. The Morgan fingerprint density at radius 1 is 1.15 bits per heavy atom. The molecule has 1 fully saturated rings. The van der Waals surface area contributed by atoms with Gasteiger partial charge in [-0.25, -0.2) is 13.2 Å². The lowest BCUT2D eigenvalue weighted by molar-refractivity contribution is -0.123. The van der Waals surface area contributed by atoms with E-state index in [1.807, 2.05) is 0 Å². The van der Waals surface area contributed by atoms with Crippen LogP contribution in [0.1, 0.15) is 11.1 Å². The molecule has 1 saturated heterocycles. The first kappa shape index (κ1) is 17.8. The standard InChI is InChI=1S/C16H9F3N2O4S/c17-9-5-10(18)14(23)13(19)8(9)4-11-15(24)21(16(25)26-11)6-7-1-2-20-12(22)3-7/h1-5,23H,6H2,(H,20,22)/b11-4-. The fraction of sp³-hybridized carbons (Fsp3) is 0.0625. The van der Waals surface area contributed by atoms with Gasteiger partial charge in [0.25, 0.3) is 11.1 Å². The number of halogens is 3. The Labute approximate surface area is 147 Å². The van der Waals surface area contributed by atoms with Gasteiger partial charge in [0.1, 0.15) is 5.82 Å². The molecule has 2 aromatic rings. The Bertz CT molecular complexity index is 1020. The molecule has 0 atom stereocenters. The minimum absolute atomic E-state index is 0.203. The van der Waals surface area contributed by atoms with E-state index in [4.69, 9.17) is 0 Å². The second-order valence-corrected chi connectivity index (χ2v) is 6.24. The summed E-state index contributed by atoms with van der Waals surface area (Å²) in [5, 5.41) is 8.53. The zero-order chi connectivity index (χ0) is 19.0. The summed E-state index contributed by atoms with van der Waals surface area (Å²) in [6.45, 7) is -0.203. The molecule has 10 heteroatoms. The number of pyridine rings is 1. The Balaban J connectivity index is 1.93. The maximum absolute atomic E-state index is 13.9. The van der Waals surface area contributed by atoms with Gasteiger partial charge in [0.15, 0.2) is 17.4 Å². The molecule has 0 radical (unpaired) electrons. The number of nitrogens with one attached hydrogen (secondary N) is 1. The van der Waals surface area contributed by atoms with Crippen LogP contribution in [-0.2, 0) is 11.3 Å². The lowest BCUT2D eigenvalue weighted by atomic mass is 10.1. The number of carbonyl (C=O) groups excluding carboxylic acids is 2. The van der Waals surface area contributed by atoms with E-state index < -0.39 is 45.5 Å². The highest BCUT2D eigenvalue weighted by Gasteiger charge is 2.35.